The fourth-order valence-electron chi connectivity index (χ4n) is 4.03. The Morgan fingerprint density at radius 2 is 1.93 bits per heavy atom. The van der Waals surface area contributed by atoms with Crippen LogP contribution in [0.2, 0.25) is 0 Å². The van der Waals surface area contributed by atoms with E-state index in [4.69, 9.17) is 0 Å². The molecule has 1 atom stereocenters. The number of pyridine rings is 1. The van der Waals surface area contributed by atoms with Gasteiger partial charge in [-0.25, -0.2) is 0 Å². The highest BCUT2D eigenvalue weighted by Crippen LogP contribution is 2.20. The van der Waals surface area contributed by atoms with Gasteiger partial charge in [-0.2, -0.15) is 0 Å². The fraction of sp³-hybridized carbons (Fsp3) is 0.333. The number of amides is 1. The first kappa shape index (κ1) is 20.6. The summed E-state index contributed by atoms with van der Waals surface area (Å²) in [4.78, 5) is 29.3. The van der Waals surface area contributed by atoms with Crippen LogP contribution in [0.5, 0.6) is 0 Å². The topological polar surface area (TPSA) is 54.3 Å². The summed E-state index contributed by atoms with van der Waals surface area (Å²) in [6.07, 6.45) is 3.98. The van der Waals surface area contributed by atoms with E-state index in [-0.39, 0.29) is 17.0 Å². The number of carbonyl (C=O) groups is 1. The molecule has 1 fully saturated rings. The van der Waals surface area contributed by atoms with Crippen molar-refractivity contribution in [3.8, 4) is 0 Å². The molecule has 4 rings (SSSR count). The van der Waals surface area contributed by atoms with Gasteiger partial charge in [0, 0.05) is 30.7 Å². The first-order valence-corrected chi connectivity index (χ1v) is 11.3. The molecule has 0 saturated carbocycles. The molecule has 1 unspecified atom stereocenters. The summed E-state index contributed by atoms with van der Waals surface area (Å²) < 4.78 is 1.59. The summed E-state index contributed by atoms with van der Waals surface area (Å²) in [6.45, 7) is 4.12. The Hall–Kier alpha value is -2.70. The first-order chi connectivity index (χ1) is 14.7. The van der Waals surface area contributed by atoms with Crippen LogP contribution < -0.4 is 10.9 Å². The van der Waals surface area contributed by atoms with E-state index < -0.39 is 0 Å². The SMILES string of the molecule is O=C(NCC1CCCN(Cc2cccs2)C1)c1cccn(Cc2ccccc2)c1=O. The van der Waals surface area contributed by atoms with Crippen molar-refractivity contribution in [2.45, 2.75) is 25.9 Å². The highest BCUT2D eigenvalue weighted by atomic mass is 32.1. The van der Waals surface area contributed by atoms with Crippen LogP contribution in [0.25, 0.3) is 0 Å². The van der Waals surface area contributed by atoms with E-state index in [2.05, 4.69) is 27.7 Å². The van der Waals surface area contributed by atoms with Crippen molar-refractivity contribution < 1.29 is 4.79 Å². The van der Waals surface area contributed by atoms with Crippen LogP contribution in [0.1, 0.15) is 33.6 Å². The summed E-state index contributed by atoms with van der Waals surface area (Å²) in [6, 6.07) is 17.4. The van der Waals surface area contributed by atoms with Gasteiger partial charge in [-0.3, -0.25) is 14.5 Å². The Bertz CT molecular complexity index is 1010. The third-order valence-corrected chi connectivity index (χ3v) is 6.44. The fourth-order valence-corrected chi connectivity index (χ4v) is 4.78. The Kier molecular flexibility index (Phi) is 6.77. The van der Waals surface area contributed by atoms with Crippen LogP contribution in [0.4, 0.5) is 0 Å². The number of aromatic nitrogens is 1. The van der Waals surface area contributed by atoms with E-state index in [1.807, 2.05) is 30.3 Å². The molecule has 1 N–H and O–H groups in total. The molecule has 30 heavy (non-hydrogen) atoms. The minimum atomic E-state index is -0.280. The summed E-state index contributed by atoms with van der Waals surface area (Å²) in [5, 5.41) is 5.12. The average Bonchev–Trinajstić information content (AvgIpc) is 3.28. The number of hydrogen-bond acceptors (Lipinski definition) is 4. The van der Waals surface area contributed by atoms with Crippen LogP contribution in [0.3, 0.4) is 0 Å². The van der Waals surface area contributed by atoms with Crippen molar-refractivity contribution in [2.75, 3.05) is 19.6 Å². The van der Waals surface area contributed by atoms with Crippen molar-refractivity contribution in [3.05, 3.63) is 92.5 Å². The molecule has 6 heteroatoms. The van der Waals surface area contributed by atoms with Crippen LogP contribution >= 0.6 is 11.3 Å². The molecule has 3 aromatic rings. The van der Waals surface area contributed by atoms with Crippen molar-refractivity contribution in [3.63, 3.8) is 0 Å². The van der Waals surface area contributed by atoms with Crippen molar-refractivity contribution in [1.82, 2.24) is 14.8 Å². The molecule has 1 saturated heterocycles. The Labute approximate surface area is 181 Å². The normalized spacial score (nSPS) is 17.0. The number of hydrogen-bond donors (Lipinski definition) is 1. The number of likely N-dealkylation sites (tertiary alicyclic amines) is 1. The molecule has 2 aromatic heterocycles. The molecule has 0 spiro atoms. The molecule has 1 aliphatic heterocycles. The molecule has 1 amide bonds. The van der Waals surface area contributed by atoms with E-state index in [0.717, 1.165) is 38.0 Å². The molecule has 0 aliphatic carbocycles. The molecule has 5 nitrogen and oxygen atoms in total. The molecule has 1 aliphatic rings. The number of nitrogens with zero attached hydrogens (tertiary/aromatic N) is 2. The number of carbonyl (C=O) groups excluding carboxylic acids is 1. The minimum absolute atomic E-state index is 0.208. The first-order valence-electron chi connectivity index (χ1n) is 10.5. The maximum Gasteiger partial charge on any atom is 0.263 e. The molecule has 0 bridgehead atoms. The van der Waals surface area contributed by atoms with Gasteiger partial charge in [0.15, 0.2) is 0 Å². The highest BCUT2D eigenvalue weighted by molar-refractivity contribution is 7.09. The summed E-state index contributed by atoms with van der Waals surface area (Å²) >= 11 is 1.79. The molecule has 3 heterocycles. The lowest BCUT2D eigenvalue weighted by atomic mass is 9.98. The van der Waals surface area contributed by atoms with Crippen molar-refractivity contribution in [1.29, 1.82) is 0 Å². The van der Waals surface area contributed by atoms with Gasteiger partial charge in [-0.15, -0.1) is 11.3 Å². The van der Waals surface area contributed by atoms with Gasteiger partial charge in [0.25, 0.3) is 11.5 Å². The number of benzene rings is 1. The second-order valence-corrected chi connectivity index (χ2v) is 8.91. The van der Waals surface area contributed by atoms with Gasteiger partial charge in [0.1, 0.15) is 5.56 Å². The van der Waals surface area contributed by atoms with Gasteiger partial charge >= 0.3 is 0 Å². The van der Waals surface area contributed by atoms with E-state index in [1.165, 1.54) is 4.88 Å². The van der Waals surface area contributed by atoms with Gasteiger partial charge < -0.3 is 9.88 Å². The monoisotopic (exact) mass is 421 g/mol. The number of rotatable bonds is 7. The lowest BCUT2D eigenvalue weighted by Gasteiger charge is -2.32. The van der Waals surface area contributed by atoms with Crippen LogP contribution in [-0.2, 0) is 13.1 Å². The molecular weight excluding hydrogens is 394 g/mol. The van der Waals surface area contributed by atoms with Gasteiger partial charge in [-0.1, -0.05) is 36.4 Å². The molecule has 0 radical (unpaired) electrons. The van der Waals surface area contributed by atoms with Crippen LogP contribution in [0, 0.1) is 5.92 Å². The lowest BCUT2D eigenvalue weighted by Crippen LogP contribution is -2.41. The second kappa shape index (κ2) is 9.87. The number of nitrogens with one attached hydrogen (secondary N) is 1. The molecule has 1 aromatic carbocycles. The van der Waals surface area contributed by atoms with E-state index in [0.29, 0.717) is 19.0 Å². The van der Waals surface area contributed by atoms with Gasteiger partial charge in [0.2, 0.25) is 0 Å². The summed E-state index contributed by atoms with van der Waals surface area (Å²) in [5.74, 6) is 0.135. The molecule has 156 valence electrons. The quantitative estimate of drug-likeness (QED) is 0.634. The zero-order valence-corrected chi connectivity index (χ0v) is 17.8. The minimum Gasteiger partial charge on any atom is -0.352 e. The maximum absolute atomic E-state index is 12.8. The smallest absolute Gasteiger partial charge is 0.263 e. The predicted octanol–water partition coefficient (Wildman–Crippen LogP) is 3.60. The Morgan fingerprint density at radius 1 is 1.07 bits per heavy atom. The maximum atomic E-state index is 12.8. The second-order valence-electron chi connectivity index (χ2n) is 7.87. The average molecular weight is 422 g/mol. The predicted molar refractivity (Wildman–Crippen MR) is 121 cm³/mol. The molecular formula is C24H27N3O2S. The van der Waals surface area contributed by atoms with E-state index >= 15 is 0 Å². The van der Waals surface area contributed by atoms with E-state index in [9.17, 15) is 9.59 Å². The zero-order chi connectivity index (χ0) is 20.8. The summed E-state index contributed by atoms with van der Waals surface area (Å²) in [7, 11) is 0. The largest absolute Gasteiger partial charge is 0.352 e. The van der Waals surface area contributed by atoms with E-state index in [1.54, 1.807) is 34.2 Å². The Balaban J connectivity index is 1.34. The lowest BCUT2D eigenvalue weighted by molar-refractivity contribution is 0.0929. The Morgan fingerprint density at radius 3 is 2.73 bits per heavy atom. The summed E-state index contributed by atoms with van der Waals surface area (Å²) in [5.41, 5.74) is 0.992. The third kappa shape index (κ3) is 5.26. The van der Waals surface area contributed by atoms with Gasteiger partial charge in [0.05, 0.1) is 6.54 Å². The third-order valence-electron chi connectivity index (χ3n) is 5.57. The zero-order valence-electron chi connectivity index (χ0n) is 17.0. The number of thiophene rings is 1. The standard InChI is InChI=1S/C24H27N3O2S/c28-23(22-11-5-13-27(24(22)29)17-19-7-2-1-3-8-19)25-15-20-9-4-12-26(16-20)18-21-10-6-14-30-21/h1-3,5-8,10-11,13-14,20H,4,9,12,15-18H2,(H,25,28). The number of piperidine rings is 1. The highest BCUT2D eigenvalue weighted by Gasteiger charge is 2.21. The van der Waals surface area contributed by atoms with Crippen LogP contribution in [0.15, 0.2) is 71.0 Å². The van der Waals surface area contributed by atoms with Gasteiger partial charge in [-0.05, 0) is 54.4 Å². The van der Waals surface area contributed by atoms with Crippen LogP contribution in [-0.4, -0.2) is 35.0 Å². The van der Waals surface area contributed by atoms with Crippen molar-refractivity contribution in [2.24, 2.45) is 5.92 Å². The van der Waals surface area contributed by atoms with Crippen molar-refractivity contribution >= 4 is 17.2 Å².